The van der Waals surface area contributed by atoms with Crippen LogP contribution in [0.4, 0.5) is 4.79 Å². The Morgan fingerprint density at radius 3 is 1.21 bits per heavy atom. The molecule has 2 aliphatic heterocycles. The third-order valence-electron chi connectivity index (χ3n) is 13.4. The molecular weight excluding hydrogens is 825 g/mol. The highest BCUT2D eigenvalue weighted by atomic mass is 32.2. The summed E-state index contributed by atoms with van der Waals surface area (Å²) in [6, 6.07) is 7.81. The number of benzene rings is 2. The van der Waals surface area contributed by atoms with Crippen molar-refractivity contribution in [3.8, 4) is 23.7 Å². The molecule has 0 aromatic heterocycles. The molecule has 11 nitrogen and oxygen atoms in total. The van der Waals surface area contributed by atoms with Crippen molar-refractivity contribution < 1.29 is 40.7 Å². The van der Waals surface area contributed by atoms with Crippen molar-refractivity contribution in [2.24, 2.45) is 10.8 Å². The first-order chi connectivity index (χ1) is 29.3. The number of rotatable bonds is 10. The van der Waals surface area contributed by atoms with Crippen LogP contribution in [-0.2, 0) is 39.1 Å². The molecule has 2 aromatic rings. The monoisotopic (exact) mass is 884 g/mol. The Kier molecular flexibility index (Phi) is 14.1. The van der Waals surface area contributed by atoms with Crippen LogP contribution < -0.4 is 0 Å². The van der Waals surface area contributed by atoms with E-state index in [1.165, 1.54) is 8.61 Å². The summed E-state index contributed by atoms with van der Waals surface area (Å²) in [6.07, 6.45) is 2.47. The van der Waals surface area contributed by atoms with Crippen LogP contribution in [0.1, 0.15) is 124 Å². The Morgan fingerprint density at radius 1 is 0.597 bits per heavy atom. The van der Waals surface area contributed by atoms with E-state index in [0.29, 0.717) is 87.0 Å². The Morgan fingerprint density at radius 2 is 0.919 bits per heavy atom. The second-order valence-electron chi connectivity index (χ2n) is 17.7. The summed E-state index contributed by atoms with van der Waals surface area (Å²) in [5.41, 5.74) is 8.10. The zero-order chi connectivity index (χ0) is 45.2. The molecule has 2 spiro atoms. The topological polar surface area (TPSA) is 144 Å². The molecule has 0 amide bonds. The third-order valence-corrected chi connectivity index (χ3v) is 17.2. The van der Waals surface area contributed by atoms with Crippen molar-refractivity contribution in [1.29, 1.82) is 0 Å². The molecule has 13 heteroatoms. The standard InChI is InChI=1S/C49H60N2O9S2/c1-9-13-37-23-33(5)43(34(6)24-37)45-39(27-48(29-41(45)52)15-19-50(20-16-48)61(55,56)11-3)31-59-47(54)60-32-40-28-49(17-21-51(22-18-49)62(57,58)12-4)30-42(53)46(40)44-35(7)25-38(14-10-2)26-36(44)8/h23-26H,11-12,15-22,27-32H2,1-8H3. The first-order valence-electron chi connectivity index (χ1n) is 21.6. The number of ketones is 2. The summed E-state index contributed by atoms with van der Waals surface area (Å²) in [5.74, 6) is 11.9. The van der Waals surface area contributed by atoms with E-state index in [0.717, 1.165) is 44.5 Å². The van der Waals surface area contributed by atoms with E-state index >= 15 is 0 Å². The van der Waals surface area contributed by atoms with E-state index in [4.69, 9.17) is 9.47 Å². The lowest BCUT2D eigenvalue weighted by Crippen LogP contribution is -2.46. The van der Waals surface area contributed by atoms with Gasteiger partial charge in [0.15, 0.2) is 11.6 Å². The van der Waals surface area contributed by atoms with Crippen LogP contribution in [0.25, 0.3) is 11.1 Å². The van der Waals surface area contributed by atoms with Gasteiger partial charge in [0, 0.05) is 61.3 Å². The Labute approximate surface area is 368 Å². The largest absolute Gasteiger partial charge is 0.508 e. The second-order valence-corrected chi connectivity index (χ2v) is 22.2. The van der Waals surface area contributed by atoms with Crippen LogP contribution in [0.5, 0.6) is 0 Å². The summed E-state index contributed by atoms with van der Waals surface area (Å²) in [4.78, 5) is 42.5. The van der Waals surface area contributed by atoms with E-state index in [1.54, 1.807) is 27.7 Å². The second kappa shape index (κ2) is 18.7. The average Bonchev–Trinajstić information content (AvgIpc) is 3.21. The average molecular weight is 885 g/mol. The molecule has 0 unspecified atom stereocenters. The molecule has 2 aliphatic carbocycles. The summed E-state index contributed by atoms with van der Waals surface area (Å²) >= 11 is 0. The van der Waals surface area contributed by atoms with Crippen LogP contribution in [0.15, 0.2) is 35.4 Å². The molecule has 2 aromatic carbocycles. The quantitative estimate of drug-likeness (QED) is 0.174. The highest BCUT2D eigenvalue weighted by molar-refractivity contribution is 7.89. The summed E-state index contributed by atoms with van der Waals surface area (Å²) in [7, 11) is -6.77. The van der Waals surface area contributed by atoms with Gasteiger partial charge in [0.2, 0.25) is 20.0 Å². The van der Waals surface area contributed by atoms with Crippen LogP contribution in [0.2, 0.25) is 0 Å². The van der Waals surface area contributed by atoms with Crippen LogP contribution >= 0.6 is 0 Å². The summed E-state index contributed by atoms with van der Waals surface area (Å²) < 4.78 is 65.8. The number of sulfonamides is 2. The molecule has 0 saturated carbocycles. The molecule has 62 heavy (non-hydrogen) atoms. The number of carbonyl (C=O) groups is 3. The SMILES string of the molecule is CC#Cc1cc(C)c(C2=C(COC(=O)OCC3=C(c4c(C)cc(C#CC)cc4C)C(=O)CC4(CCN(S(=O)(=O)CC)CC4)C3)CC3(CCN(S(=O)(=O)CC)CC3)CC2=O)c(C)c1. The number of nitrogens with zero attached hydrogens (tertiary/aromatic N) is 2. The molecule has 4 aliphatic rings. The fraction of sp³-hybridized carbons (Fsp3) is 0.531. The van der Waals surface area contributed by atoms with Gasteiger partial charge in [-0.15, -0.1) is 11.8 Å². The van der Waals surface area contributed by atoms with Crippen molar-refractivity contribution >= 4 is 48.9 Å². The maximum atomic E-state index is 14.4. The van der Waals surface area contributed by atoms with E-state index in [-0.39, 0.29) is 49.1 Å². The van der Waals surface area contributed by atoms with Gasteiger partial charge in [-0.1, -0.05) is 11.8 Å². The van der Waals surface area contributed by atoms with Gasteiger partial charge in [0.05, 0.1) is 11.5 Å². The fourth-order valence-corrected chi connectivity index (χ4v) is 12.6. The van der Waals surface area contributed by atoms with E-state index in [1.807, 2.05) is 52.0 Å². The fourth-order valence-electron chi connectivity index (χ4n) is 10.4. The van der Waals surface area contributed by atoms with Gasteiger partial charge in [-0.05, 0) is 174 Å². The molecule has 0 radical (unpaired) electrons. The number of hydrogen-bond donors (Lipinski definition) is 0. The summed E-state index contributed by atoms with van der Waals surface area (Å²) in [6.45, 7) is 15.4. The minimum absolute atomic E-state index is 0.0101. The molecule has 6 rings (SSSR count). The van der Waals surface area contributed by atoms with Crippen molar-refractivity contribution in [3.05, 3.63) is 79.9 Å². The maximum Gasteiger partial charge on any atom is 0.508 e. The highest BCUT2D eigenvalue weighted by Gasteiger charge is 2.46. The van der Waals surface area contributed by atoms with Gasteiger partial charge in [-0.3, -0.25) is 9.59 Å². The number of allylic oxidation sites excluding steroid dienone is 2. The third kappa shape index (κ3) is 9.82. The number of ether oxygens (including phenoxy) is 2. The van der Waals surface area contributed by atoms with Crippen molar-refractivity contribution in [2.45, 2.75) is 107 Å². The molecule has 332 valence electrons. The minimum Gasteiger partial charge on any atom is -0.430 e. The lowest BCUT2D eigenvalue weighted by molar-refractivity contribution is -0.118. The first-order valence-corrected chi connectivity index (χ1v) is 24.9. The van der Waals surface area contributed by atoms with E-state index in [9.17, 15) is 31.2 Å². The van der Waals surface area contributed by atoms with Gasteiger partial charge >= 0.3 is 6.16 Å². The minimum atomic E-state index is -3.39. The summed E-state index contributed by atoms with van der Waals surface area (Å²) in [5, 5.41) is 0. The van der Waals surface area contributed by atoms with E-state index < -0.39 is 37.0 Å². The van der Waals surface area contributed by atoms with Crippen molar-refractivity contribution in [1.82, 2.24) is 8.61 Å². The lowest BCUT2D eigenvalue weighted by atomic mass is 9.65. The molecular formula is C49H60N2O9S2. The number of Topliss-reactive ketones (excluding diaryl/α,β-unsaturated/α-hetero) is 2. The molecule has 0 atom stereocenters. The lowest BCUT2D eigenvalue weighted by Gasteiger charge is -2.44. The normalized spacial score (nSPS) is 19.5. The zero-order valence-corrected chi connectivity index (χ0v) is 39.1. The molecule has 2 heterocycles. The van der Waals surface area contributed by atoms with Gasteiger partial charge in [-0.25, -0.2) is 30.2 Å². The zero-order valence-electron chi connectivity index (χ0n) is 37.5. The maximum absolute atomic E-state index is 14.4. The Balaban J connectivity index is 1.30. The highest BCUT2D eigenvalue weighted by Crippen LogP contribution is 2.50. The van der Waals surface area contributed by atoms with Crippen LogP contribution in [0.3, 0.4) is 0 Å². The predicted molar refractivity (Wildman–Crippen MR) is 242 cm³/mol. The smallest absolute Gasteiger partial charge is 0.430 e. The number of hydrogen-bond acceptors (Lipinski definition) is 9. The molecule has 0 bridgehead atoms. The number of piperidine rings is 2. The molecule has 0 N–H and O–H groups in total. The van der Waals surface area contributed by atoms with Gasteiger partial charge in [-0.2, -0.15) is 0 Å². The van der Waals surface area contributed by atoms with Crippen LogP contribution in [0, 0.1) is 62.2 Å². The Bertz CT molecular complexity index is 2360. The van der Waals surface area contributed by atoms with Gasteiger partial charge in [0.25, 0.3) is 0 Å². The van der Waals surface area contributed by atoms with Crippen molar-refractivity contribution in [2.75, 3.05) is 50.9 Å². The molecule has 2 fully saturated rings. The van der Waals surface area contributed by atoms with Crippen molar-refractivity contribution in [3.63, 3.8) is 0 Å². The number of aryl methyl sites for hydroxylation is 4. The van der Waals surface area contributed by atoms with Gasteiger partial charge < -0.3 is 9.47 Å². The first kappa shape index (κ1) is 47.0. The molecule has 2 saturated heterocycles. The van der Waals surface area contributed by atoms with E-state index in [2.05, 4.69) is 23.7 Å². The van der Waals surface area contributed by atoms with Gasteiger partial charge in [0.1, 0.15) is 13.2 Å². The Hall–Kier alpha value is -4.53. The predicted octanol–water partition coefficient (Wildman–Crippen LogP) is 7.61. The number of carbonyl (C=O) groups excluding carboxylic acids is 3. The van der Waals surface area contributed by atoms with Crippen LogP contribution in [-0.4, -0.2) is 94.1 Å².